The van der Waals surface area contributed by atoms with Crippen LogP contribution in [-0.2, 0) is 9.84 Å². The van der Waals surface area contributed by atoms with Crippen molar-refractivity contribution in [3.8, 4) is 0 Å². The van der Waals surface area contributed by atoms with Gasteiger partial charge in [0.1, 0.15) is 0 Å². The van der Waals surface area contributed by atoms with E-state index in [-0.39, 0.29) is 4.90 Å². The van der Waals surface area contributed by atoms with Crippen LogP contribution in [0.15, 0.2) is 59.5 Å². The molecule has 0 heterocycles. The Hall–Kier alpha value is -1.85. The fourth-order valence-electron chi connectivity index (χ4n) is 1.59. The molecule has 18 heavy (non-hydrogen) atoms. The number of rotatable bonds is 3. The Labute approximate surface area is 107 Å². The molecule has 0 fully saturated rings. The molecule has 0 atom stereocenters. The van der Waals surface area contributed by atoms with Gasteiger partial charge >= 0.3 is 0 Å². The van der Waals surface area contributed by atoms with E-state index < -0.39 is 9.84 Å². The molecular weight excluding hydrogens is 248 g/mol. The van der Waals surface area contributed by atoms with Gasteiger partial charge in [0.25, 0.3) is 0 Å². The van der Waals surface area contributed by atoms with E-state index >= 15 is 0 Å². The molecule has 2 aromatic carbocycles. The quantitative estimate of drug-likeness (QED) is 0.679. The van der Waals surface area contributed by atoms with E-state index in [9.17, 15) is 8.42 Å². The van der Waals surface area contributed by atoms with Crippen molar-refractivity contribution < 1.29 is 8.42 Å². The van der Waals surface area contributed by atoms with E-state index in [1.54, 1.807) is 24.3 Å². The highest BCUT2D eigenvalue weighted by atomic mass is 32.2. The molecule has 0 amide bonds. The van der Waals surface area contributed by atoms with Crippen LogP contribution in [-0.4, -0.2) is 14.7 Å². The third kappa shape index (κ3) is 2.69. The summed E-state index contributed by atoms with van der Waals surface area (Å²) >= 11 is 0. The van der Waals surface area contributed by atoms with Crippen molar-refractivity contribution in [1.29, 1.82) is 0 Å². The van der Waals surface area contributed by atoms with E-state index in [4.69, 9.17) is 5.84 Å². The lowest BCUT2D eigenvalue weighted by molar-refractivity contribution is 0.602. The Morgan fingerprint density at radius 2 is 1.39 bits per heavy atom. The fourth-order valence-corrected chi connectivity index (χ4v) is 2.22. The Balaban J connectivity index is 2.31. The molecule has 5 heteroatoms. The number of sulfone groups is 1. The fraction of sp³-hybridized carbons (Fsp3) is 0.0769. The molecule has 0 spiro atoms. The van der Waals surface area contributed by atoms with Gasteiger partial charge in [0.2, 0.25) is 0 Å². The average molecular weight is 262 g/mol. The van der Waals surface area contributed by atoms with E-state index in [0.29, 0.717) is 0 Å². The summed E-state index contributed by atoms with van der Waals surface area (Å²) in [7, 11) is -3.17. The van der Waals surface area contributed by atoms with Crippen molar-refractivity contribution in [1.82, 2.24) is 0 Å². The SMILES string of the molecule is CS(=O)(=O)c1ccc(N(N)c2ccccc2)cc1. The minimum Gasteiger partial charge on any atom is -0.280 e. The number of hydrogen-bond donors (Lipinski definition) is 1. The second-order valence-corrected chi connectivity index (χ2v) is 5.99. The maximum Gasteiger partial charge on any atom is 0.175 e. The molecule has 2 N–H and O–H groups in total. The van der Waals surface area contributed by atoms with Crippen LogP contribution in [0.1, 0.15) is 0 Å². The van der Waals surface area contributed by atoms with Crippen LogP contribution in [0.2, 0.25) is 0 Å². The van der Waals surface area contributed by atoms with Crippen molar-refractivity contribution in [3.05, 3.63) is 54.6 Å². The monoisotopic (exact) mass is 262 g/mol. The predicted octanol–water partition coefficient (Wildman–Crippen LogP) is 2.10. The molecule has 4 nitrogen and oxygen atoms in total. The second kappa shape index (κ2) is 4.80. The first-order valence-corrected chi connectivity index (χ1v) is 7.27. The first-order chi connectivity index (χ1) is 8.48. The highest BCUT2D eigenvalue weighted by Crippen LogP contribution is 2.22. The summed E-state index contributed by atoms with van der Waals surface area (Å²) in [5, 5.41) is 1.51. The first kappa shape index (κ1) is 12.6. The number of para-hydroxylation sites is 1. The Morgan fingerprint density at radius 1 is 0.889 bits per heavy atom. The summed E-state index contributed by atoms with van der Waals surface area (Å²) in [6, 6.07) is 15.9. The summed E-state index contributed by atoms with van der Waals surface area (Å²) in [4.78, 5) is 0.285. The molecule has 2 aromatic rings. The van der Waals surface area contributed by atoms with Gasteiger partial charge in [-0.25, -0.2) is 14.3 Å². The van der Waals surface area contributed by atoms with Crippen LogP contribution in [0, 0.1) is 0 Å². The van der Waals surface area contributed by atoms with Crippen molar-refractivity contribution in [2.75, 3.05) is 11.3 Å². The number of anilines is 2. The first-order valence-electron chi connectivity index (χ1n) is 5.38. The van der Waals surface area contributed by atoms with Gasteiger partial charge in [0.15, 0.2) is 9.84 Å². The summed E-state index contributed by atoms with van der Waals surface area (Å²) in [5.41, 5.74) is 1.57. The van der Waals surface area contributed by atoms with Crippen LogP contribution in [0.3, 0.4) is 0 Å². The van der Waals surface area contributed by atoms with Crippen molar-refractivity contribution in [2.45, 2.75) is 4.90 Å². The molecular formula is C13H14N2O2S. The lowest BCUT2D eigenvalue weighted by Gasteiger charge is -2.18. The number of benzene rings is 2. The molecule has 0 unspecified atom stereocenters. The van der Waals surface area contributed by atoms with Crippen molar-refractivity contribution in [2.24, 2.45) is 5.84 Å². The maximum absolute atomic E-state index is 11.3. The van der Waals surface area contributed by atoms with Gasteiger partial charge in [0.05, 0.1) is 16.3 Å². The van der Waals surface area contributed by atoms with Crippen LogP contribution >= 0.6 is 0 Å². The third-order valence-corrected chi connectivity index (χ3v) is 3.71. The largest absolute Gasteiger partial charge is 0.280 e. The number of nitrogens with two attached hydrogens (primary N) is 1. The van der Waals surface area contributed by atoms with Crippen LogP contribution in [0.5, 0.6) is 0 Å². The van der Waals surface area contributed by atoms with Gasteiger partial charge in [-0.15, -0.1) is 0 Å². The van der Waals surface area contributed by atoms with Gasteiger partial charge in [-0.2, -0.15) is 0 Å². The molecule has 0 saturated carbocycles. The Morgan fingerprint density at radius 3 is 1.89 bits per heavy atom. The Bertz CT molecular complexity index is 622. The average Bonchev–Trinajstić information content (AvgIpc) is 2.38. The third-order valence-electron chi connectivity index (χ3n) is 2.58. The van der Waals surface area contributed by atoms with Crippen LogP contribution in [0.25, 0.3) is 0 Å². The topological polar surface area (TPSA) is 63.4 Å². The van der Waals surface area contributed by atoms with E-state index in [1.165, 1.54) is 11.3 Å². The number of nitrogens with zero attached hydrogens (tertiary/aromatic N) is 1. The highest BCUT2D eigenvalue weighted by Gasteiger charge is 2.08. The van der Waals surface area contributed by atoms with Crippen molar-refractivity contribution in [3.63, 3.8) is 0 Å². The van der Waals surface area contributed by atoms with Gasteiger partial charge in [-0.3, -0.25) is 5.01 Å². The smallest absolute Gasteiger partial charge is 0.175 e. The van der Waals surface area contributed by atoms with Gasteiger partial charge in [-0.05, 0) is 36.4 Å². The summed E-state index contributed by atoms with van der Waals surface area (Å²) in [6.07, 6.45) is 1.18. The number of hydrazine groups is 1. The van der Waals surface area contributed by atoms with E-state index in [2.05, 4.69) is 0 Å². The lowest BCUT2D eigenvalue weighted by atomic mass is 10.2. The van der Waals surface area contributed by atoms with Crippen LogP contribution in [0.4, 0.5) is 11.4 Å². The molecule has 0 bridgehead atoms. The minimum atomic E-state index is -3.17. The maximum atomic E-state index is 11.3. The zero-order valence-electron chi connectivity index (χ0n) is 9.95. The zero-order chi connectivity index (χ0) is 13.2. The second-order valence-electron chi connectivity index (χ2n) is 3.97. The molecule has 2 rings (SSSR count). The summed E-state index contributed by atoms with van der Waals surface area (Å²) in [6.45, 7) is 0. The lowest BCUT2D eigenvalue weighted by Crippen LogP contribution is -2.24. The molecule has 0 aliphatic heterocycles. The van der Waals surface area contributed by atoms with Gasteiger partial charge < -0.3 is 0 Å². The molecule has 0 saturated heterocycles. The van der Waals surface area contributed by atoms with E-state index in [0.717, 1.165) is 11.4 Å². The minimum absolute atomic E-state index is 0.285. The standard InChI is InChI=1S/C13H14N2O2S/c1-18(16,17)13-9-7-12(8-10-13)15(14)11-5-3-2-4-6-11/h2-10H,14H2,1H3. The molecule has 0 aliphatic rings. The van der Waals surface area contributed by atoms with Crippen LogP contribution < -0.4 is 10.9 Å². The molecule has 0 radical (unpaired) electrons. The van der Waals surface area contributed by atoms with Gasteiger partial charge in [0, 0.05) is 6.26 Å². The highest BCUT2D eigenvalue weighted by molar-refractivity contribution is 7.90. The molecule has 94 valence electrons. The normalized spacial score (nSPS) is 11.2. The van der Waals surface area contributed by atoms with Gasteiger partial charge in [-0.1, -0.05) is 18.2 Å². The number of hydrogen-bond acceptors (Lipinski definition) is 4. The molecule has 0 aliphatic carbocycles. The van der Waals surface area contributed by atoms with E-state index in [1.807, 2.05) is 30.3 Å². The predicted molar refractivity (Wildman–Crippen MR) is 72.3 cm³/mol. The van der Waals surface area contributed by atoms with Crippen molar-refractivity contribution >= 4 is 21.2 Å². The summed E-state index contributed by atoms with van der Waals surface area (Å²) < 4.78 is 22.7. The molecule has 0 aromatic heterocycles. The Kier molecular flexibility index (Phi) is 3.36. The zero-order valence-corrected chi connectivity index (χ0v) is 10.8. The summed E-state index contributed by atoms with van der Waals surface area (Å²) in [5.74, 6) is 5.96.